The van der Waals surface area contributed by atoms with E-state index in [1.807, 2.05) is 48.8 Å². The number of anilines is 2. The van der Waals surface area contributed by atoms with E-state index in [2.05, 4.69) is 56.4 Å². The maximum Gasteiger partial charge on any atom is 0.225 e. The standard InChI is InChI=1S/C26H31N5O/c1-30(24-13-6-3-7-14-24)16-9-15-27-25(32)22-12-8-17-31(20-22)26-28-18-23(19-29-26)21-10-4-2-5-11-21/h2-7,10-11,13-14,18-19,22H,8-9,12,15-17,20H2,1H3,(H,27,32)/t22-/m0/s1. The minimum Gasteiger partial charge on any atom is -0.375 e. The minimum absolute atomic E-state index is 0.0204. The first-order valence-corrected chi connectivity index (χ1v) is 11.4. The van der Waals surface area contributed by atoms with Gasteiger partial charge in [-0.05, 0) is 37.0 Å². The predicted molar refractivity (Wildman–Crippen MR) is 130 cm³/mol. The van der Waals surface area contributed by atoms with Crippen molar-refractivity contribution in [3.63, 3.8) is 0 Å². The van der Waals surface area contributed by atoms with Crippen LogP contribution in [0, 0.1) is 5.92 Å². The fourth-order valence-electron chi connectivity index (χ4n) is 4.12. The molecular formula is C26H31N5O. The molecule has 2 heterocycles. The number of carbonyl (C=O) groups is 1. The third kappa shape index (κ3) is 5.63. The molecule has 2 aromatic carbocycles. The van der Waals surface area contributed by atoms with Crippen molar-refractivity contribution >= 4 is 17.5 Å². The molecule has 0 radical (unpaired) electrons. The van der Waals surface area contributed by atoms with Gasteiger partial charge in [0.15, 0.2) is 0 Å². The van der Waals surface area contributed by atoms with E-state index < -0.39 is 0 Å². The van der Waals surface area contributed by atoms with Crippen molar-refractivity contribution in [2.45, 2.75) is 19.3 Å². The highest BCUT2D eigenvalue weighted by molar-refractivity contribution is 5.79. The summed E-state index contributed by atoms with van der Waals surface area (Å²) in [7, 11) is 2.08. The van der Waals surface area contributed by atoms with Gasteiger partial charge >= 0.3 is 0 Å². The molecule has 1 atom stereocenters. The highest BCUT2D eigenvalue weighted by Gasteiger charge is 2.26. The molecule has 1 aliphatic heterocycles. The molecule has 0 bridgehead atoms. The summed E-state index contributed by atoms with van der Waals surface area (Å²) >= 11 is 0. The number of hydrogen-bond donors (Lipinski definition) is 1. The Kier molecular flexibility index (Phi) is 7.33. The first-order chi connectivity index (χ1) is 15.7. The van der Waals surface area contributed by atoms with E-state index in [1.165, 1.54) is 5.69 Å². The Labute approximate surface area is 190 Å². The van der Waals surface area contributed by atoms with Crippen LogP contribution in [0.25, 0.3) is 11.1 Å². The van der Waals surface area contributed by atoms with Crippen LogP contribution in [0.4, 0.5) is 11.6 Å². The monoisotopic (exact) mass is 429 g/mol. The molecule has 1 fully saturated rings. The van der Waals surface area contributed by atoms with Crippen LogP contribution in [0.5, 0.6) is 0 Å². The van der Waals surface area contributed by atoms with E-state index >= 15 is 0 Å². The number of nitrogens with zero attached hydrogens (tertiary/aromatic N) is 4. The Hall–Kier alpha value is -3.41. The molecular weight excluding hydrogens is 398 g/mol. The highest BCUT2D eigenvalue weighted by atomic mass is 16.1. The van der Waals surface area contributed by atoms with Gasteiger partial charge in [0.2, 0.25) is 11.9 Å². The van der Waals surface area contributed by atoms with E-state index in [0.717, 1.165) is 43.5 Å². The van der Waals surface area contributed by atoms with Crippen LogP contribution in [0.3, 0.4) is 0 Å². The zero-order valence-corrected chi connectivity index (χ0v) is 18.7. The summed E-state index contributed by atoms with van der Waals surface area (Å²) in [6.07, 6.45) is 6.53. The van der Waals surface area contributed by atoms with Crippen LogP contribution in [-0.2, 0) is 4.79 Å². The molecule has 1 saturated heterocycles. The van der Waals surface area contributed by atoms with E-state index in [4.69, 9.17) is 0 Å². The molecule has 0 unspecified atom stereocenters. The van der Waals surface area contributed by atoms with Gasteiger partial charge in [0, 0.05) is 56.9 Å². The first-order valence-electron chi connectivity index (χ1n) is 11.4. The number of piperidine rings is 1. The largest absolute Gasteiger partial charge is 0.375 e. The van der Waals surface area contributed by atoms with Gasteiger partial charge in [0.25, 0.3) is 0 Å². The van der Waals surface area contributed by atoms with Crippen LogP contribution < -0.4 is 15.1 Å². The van der Waals surface area contributed by atoms with Crippen LogP contribution in [0.15, 0.2) is 73.1 Å². The summed E-state index contributed by atoms with van der Waals surface area (Å²) in [5, 5.41) is 3.13. The molecule has 3 aromatic rings. The summed E-state index contributed by atoms with van der Waals surface area (Å²) in [5.41, 5.74) is 3.30. The lowest BCUT2D eigenvalue weighted by Gasteiger charge is -2.32. The average molecular weight is 430 g/mol. The van der Waals surface area contributed by atoms with Crippen molar-refractivity contribution in [3.05, 3.63) is 73.1 Å². The van der Waals surface area contributed by atoms with Crippen LogP contribution in [0.2, 0.25) is 0 Å². The smallest absolute Gasteiger partial charge is 0.225 e. The van der Waals surface area contributed by atoms with Gasteiger partial charge in [-0.15, -0.1) is 0 Å². The Morgan fingerprint density at radius 2 is 1.72 bits per heavy atom. The molecule has 6 heteroatoms. The van der Waals surface area contributed by atoms with Gasteiger partial charge in [-0.3, -0.25) is 4.79 Å². The molecule has 1 N–H and O–H groups in total. The van der Waals surface area contributed by atoms with Crippen LogP contribution in [-0.4, -0.2) is 49.1 Å². The molecule has 1 aromatic heterocycles. The van der Waals surface area contributed by atoms with Crippen molar-refractivity contribution < 1.29 is 4.79 Å². The molecule has 166 valence electrons. The Morgan fingerprint density at radius 3 is 2.44 bits per heavy atom. The van der Waals surface area contributed by atoms with Gasteiger partial charge in [-0.2, -0.15) is 0 Å². The fraction of sp³-hybridized carbons (Fsp3) is 0.346. The number of carbonyl (C=O) groups excluding carboxylic acids is 1. The molecule has 0 aliphatic carbocycles. The summed E-state index contributed by atoms with van der Waals surface area (Å²) < 4.78 is 0. The second kappa shape index (κ2) is 10.8. The minimum atomic E-state index is -0.0204. The number of amides is 1. The predicted octanol–water partition coefficient (Wildman–Crippen LogP) is 4.00. The zero-order valence-electron chi connectivity index (χ0n) is 18.7. The van der Waals surface area contributed by atoms with Gasteiger partial charge in [-0.25, -0.2) is 9.97 Å². The lowest BCUT2D eigenvalue weighted by atomic mass is 9.97. The highest BCUT2D eigenvalue weighted by Crippen LogP contribution is 2.23. The van der Waals surface area contributed by atoms with Gasteiger partial charge in [0.05, 0.1) is 5.92 Å². The third-order valence-electron chi connectivity index (χ3n) is 5.99. The number of nitrogens with one attached hydrogen (secondary N) is 1. The quantitative estimate of drug-likeness (QED) is 0.549. The maximum absolute atomic E-state index is 12.7. The Balaban J connectivity index is 1.25. The van der Waals surface area contributed by atoms with Crippen LogP contribution >= 0.6 is 0 Å². The third-order valence-corrected chi connectivity index (χ3v) is 5.99. The Morgan fingerprint density at radius 1 is 1.03 bits per heavy atom. The van der Waals surface area contributed by atoms with Crippen molar-refractivity contribution in [2.75, 3.05) is 43.0 Å². The Bertz CT molecular complexity index is 978. The van der Waals surface area contributed by atoms with Gasteiger partial charge in [-0.1, -0.05) is 48.5 Å². The number of aromatic nitrogens is 2. The fourth-order valence-corrected chi connectivity index (χ4v) is 4.12. The number of benzene rings is 2. The molecule has 0 spiro atoms. The molecule has 1 aliphatic rings. The van der Waals surface area contributed by atoms with Crippen LogP contribution in [0.1, 0.15) is 19.3 Å². The van der Waals surface area contributed by atoms with E-state index in [0.29, 0.717) is 19.0 Å². The lowest BCUT2D eigenvalue weighted by molar-refractivity contribution is -0.125. The number of hydrogen-bond acceptors (Lipinski definition) is 5. The average Bonchev–Trinajstić information content (AvgIpc) is 2.87. The first kappa shape index (κ1) is 21.8. The van der Waals surface area contributed by atoms with E-state index in [9.17, 15) is 4.79 Å². The topological polar surface area (TPSA) is 61.4 Å². The van der Waals surface area contributed by atoms with Gasteiger partial charge in [0.1, 0.15) is 0 Å². The molecule has 0 saturated carbocycles. The number of para-hydroxylation sites is 1. The van der Waals surface area contributed by atoms with E-state index in [1.54, 1.807) is 0 Å². The summed E-state index contributed by atoms with van der Waals surface area (Å²) in [5.74, 6) is 0.817. The van der Waals surface area contributed by atoms with E-state index in [-0.39, 0.29) is 11.8 Å². The lowest BCUT2D eigenvalue weighted by Crippen LogP contribution is -2.44. The maximum atomic E-state index is 12.7. The molecule has 6 nitrogen and oxygen atoms in total. The second-order valence-electron chi connectivity index (χ2n) is 8.32. The summed E-state index contributed by atoms with van der Waals surface area (Å²) in [6.45, 7) is 3.15. The van der Waals surface area contributed by atoms with Gasteiger partial charge < -0.3 is 15.1 Å². The summed E-state index contributed by atoms with van der Waals surface area (Å²) in [4.78, 5) is 26.2. The van der Waals surface area contributed by atoms with Crippen molar-refractivity contribution in [1.82, 2.24) is 15.3 Å². The molecule has 4 rings (SSSR count). The summed E-state index contributed by atoms with van der Waals surface area (Å²) in [6, 6.07) is 20.4. The number of rotatable bonds is 8. The SMILES string of the molecule is CN(CCCNC(=O)[C@H]1CCCN(c2ncc(-c3ccccc3)cn2)C1)c1ccccc1. The van der Waals surface area contributed by atoms with Crippen molar-refractivity contribution in [3.8, 4) is 11.1 Å². The zero-order chi connectivity index (χ0) is 22.2. The molecule has 1 amide bonds. The van der Waals surface area contributed by atoms with Crippen molar-refractivity contribution in [2.24, 2.45) is 5.92 Å². The van der Waals surface area contributed by atoms with Crippen molar-refractivity contribution in [1.29, 1.82) is 0 Å². The molecule has 32 heavy (non-hydrogen) atoms. The normalized spacial score (nSPS) is 15.9. The second-order valence-corrected chi connectivity index (χ2v) is 8.32.